The summed E-state index contributed by atoms with van der Waals surface area (Å²) in [5, 5.41) is 0.800. The van der Waals surface area contributed by atoms with E-state index in [0.717, 1.165) is 27.6 Å². The van der Waals surface area contributed by atoms with Crippen LogP contribution in [0.15, 0.2) is 24.3 Å². The van der Waals surface area contributed by atoms with Crippen molar-refractivity contribution in [3.63, 3.8) is 0 Å². The highest BCUT2D eigenvalue weighted by molar-refractivity contribution is 7.16. The van der Waals surface area contributed by atoms with E-state index in [2.05, 4.69) is 6.07 Å². The lowest BCUT2D eigenvalue weighted by molar-refractivity contribution is 0.404. The number of ether oxygens (including phenoxy) is 2. The van der Waals surface area contributed by atoms with Crippen LogP contribution in [0, 0.1) is 6.92 Å². The SMILES string of the molecule is COc1ccc(OC)c(-c2cc(C)sc2N)c1. The first-order chi connectivity index (χ1) is 8.15. The predicted octanol–water partition coefficient (Wildman–Crippen LogP) is 3.32. The summed E-state index contributed by atoms with van der Waals surface area (Å²) in [7, 11) is 3.30. The van der Waals surface area contributed by atoms with Gasteiger partial charge in [0.25, 0.3) is 0 Å². The summed E-state index contributed by atoms with van der Waals surface area (Å²) in [6.07, 6.45) is 0. The van der Waals surface area contributed by atoms with E-state index < -0.39 is 0 Å². The summed E-state index contributed by atoms with van der Waals surface area (Å²) in [5.74, 6) is 1.60. The molecule has 1 heterocycles. The number of nitrogen functional groups attached to an aromatic ring is 1. The molecule has 0 unspecified atom stereocenters. The highest BCUT2D eigenvalue weighted by Crippen LogP contribution is 2.40. The number of benzene rings is 1. The molecule has 2 aromatic rings. The van der Waals surface area contributed by atoms with Gasteiger partial charge in [0.05, 0.1) is 19.2 Å². The predicted molar refractivity (Wildman–Crippen MR) is 72.0 cm³/mol. The van der Waals surface area contributed by atoms with Crippen LogP contribution in [0.3, 0.4) is 0 Å². The maximum Gasteiger partial charge on any atom is 0.127 e. The Bertz CT molecular complexity index is 534. The number of rotatable bonds is 3. The van der Waals surface area contributed by atoms with Gasteiger partial charge in [0, 0.05) is 16.0 Å². The van der Waals surface area contributed by atoms with Crippen LogP contribution >= 0.6 is 11.3 Å². The molecule has 0 saturated heterocycles. The van der Waals surface area contributed by atoms with Crippen LogP contribution in [0.25, 0.3) is 11.1 Å². The standard InChI is InChI=1S/C13H15NO2S/c1-8-6-11(13(14)17-8)10-7-9(15-2)4-5-12(10)16-3/h4-7H,14H2,1-3H3. The quantitative estimate of drug-likeness (QED) is 0.907. The molecular weight excluding hydrogens is 234 g/mol. The number of thiophene rings is 1. The molecule has 1 aromatic heterocycles. The van der Waals surface area contributed by atoms with Gasteiger partial charge < -0.3 is 15.2 Å². The van der Waals surface area contributed by atoms with Gasteiger partial charge in [-0.2, -0.15) is 0 Å². The smallest absolute Gasteiger partial charge is 0.127 e. The van der Waals surface area contributed by atoms with Crippen molar-refractivity contribution < 1.29 is 9.47 Å². The van der Waals surface area contributed by atoms with Gasteiger partial charge in [-0.15, -0.1) is 11.3 Å². The molecule has 0 aliphatic rings. The van der Waals surface area contributed by atoms with Crippen molar-refractivity contribution in [2.24, 2.45) is 0 Å². The maximum atomic E-state index is 6.01. The lowest BCUT2D eigenvalue weighted by Crippen LogP contribution is -1.91. The first kappa shape index (κ1) is 11.8. The van der Waals surface area contributed by atoms with Crippen molar-refractivity contribution in [3.05, 3.63) is 29.1 Å². The second kappa shape index (κ2) is 4.67. The van der Waals surface area contributed by atoms with Crippen LogP contribution in [-0.4, -0.2) is 14.2 Å². The molecule has 0 fully saturated rings. The first-order valence-corrected chi connectivity index (χ1v) is 6.05. The molecule has 90 valence electrons. The van der Waals surface area contributed by atoms with Crippen molar-refractivity contribution in [3.8, 4) is 22.6 Å². The van der Waals surface area contributed by atoms with Gasteiger partial charge in [-0.1, -0.05) is 0 Å². The normalized spacial score (nSPS) is 10.3. The van der Waals surface area contributed by atoms with Crippen molar-refractivity contribution in [2.75, 3.05) is 20.0 Å². The lowest BCUT2D eigenvalue weighted by atomic mass is 10.1. The average Bonchev–Trinajstić information content (AvgIpc) is 2.67. The summed E-state index contributed by atoms with van der Waals surface area (Å²) < 4.78 is 10.6. The molecule has 2 rings (SSSR count). The zero-order valence-corrected chi connectivity index (χ0v) is 10.9. The van der Waals surface area contributed by atoms with Crippen LogP contribution in [0.4, 0.5) is 5.00 Å². The summed E-state index contributed by atoms with van der Waals surface area (Å²) in [6.45, 7) is 2.04. The second-order valence-corrected chi connectivity index (χ2v) is 4.99. The van der Waals surface area contributed by atoms with E-state index in [0.29, 0.717) is 0 Å². The van der Waals surface area contributed by atoms with Crippen LogP contribution in [-0.2, 0) is 0 Å². The Morgan fingerprint density at radius 1 is 1.06 bits per heavy atom. The summed E-state index contributed by atoms with van der Waals surface area (Å²) in [4.78, 5) is 1.18. The van der Waals surface area contributed by atoms with Crippen LogP contribution in [0.2, 0.25) is 0 Å². The van der Waals surface area contributed by atoms with Gasteiger partial charge in [-0.3, -0.25) is 0 Å². The Hall–Kier alpha value is -1.68. The second-order valence-electron chi connectivity index (χ2n) is 3.70. The third kappa shape index (κ3) is 2.22. The van der Waals surface area contributed by atoms with E-state index in [1.54, 1.807) is 25.6 Å². The van der Waals surface area contributed by atoms with Crippen molar-refractivity contribution in [2.45, 2.75) is 6.92 Å². The molecule has 0 aliphatic carbocycles. The Labute approximate surface area is 105 Å². The fourth-order valence-corrected chi connectivity index (χ4v) is 2.57. The zero-order valence-electron chi connectivity index (χ0n) is 10.1. The molecule has 0 aliphatic heterocycles. The molecule has 0 amide bonds. The van der Waals surface area contributed by atoms with Crippen LogP contribution in [0.5, 0.6) is 11.5 Å². The molecule has 3 nitrogen and oxygen atoms in total. The highest BCUT2D eigenvalue weighted by atomic mass is 32.1. The molecule has 4 heteroatoms. The molecular formula is C13H15NO2S. The first-order valence-electron chi connectivity index (χ1n) is 5.24. The fraction of sp³-hybridized carbons (Fsp3) is 0.231. The van der Waals surface area contributed by atoms with Crippen LogP contribution in [0.1, 0.15) is 4.88 Å². The molecule has 17 heavy (non-hydrogen) atoms. The van der Waals surface area contributed by atoms with E-state index in [-0.39, 0.29) is 0 Å². The third-order valence-corrected chi connectivity index (χ3v) is 3.46. The molecule has 1 aromatic carbocycles. The van der Waals surface area contributed by atoms with Crippen LogP contribution < -0.4 is 15.2 Å². The summed E-state index contributed by atoms with van der Waals surface area (Å²) >= 11 is 1.58. The summed E-state index contributed by atoms with van der Waals surface area (Å²) in [6, 6.07) is 7.77. The Morgan fingerprint density at radius 2 is 1.82 bits per heavy atom. The van der Waals surface area contributed by atoms with Crippen molar-refractivity contribution in [1.29, 1.82) is 0 Å². The monoisotopic (exact) mass is 249 g/mol. The topological polar surface area (TPSA) is 44.5 Å². The number of hydrogen-bond donors (Lipinski definition) is 1. The molecule has 0 spiro atoms. The maximum absolute atomic E-state index is 6.01. The third-order valence-electron chi connectivity index (χ3n) is 2.58. The van der Waals surface area contributed by atoms with E-state index in [1.807, 2.05) is 25.1 Å². The van der Waals surface area contributed by atoms with Gasteiger partial charge in [0.15, 0.2) is 0 Å². The van der Waals surface area contributed by atoms with E-state index in [9.17, 15) is 0 Å². The Balaban J connectivity index is 2.59. The molecule has 0 atom stereocenters. The van der Waals surface area contributed by atoms with E-state index >= 15 is 0 Å². The minimum absolute atomic E-state index is 0.795. The molecule has 0 bridgehead atoms. The van der Waals surface area contributed by atoms with Gasteiger partial charge in [0.1, 0.15) is 11.5 Å². The minimum Gasteiger partial charge on any atom is -0.497 e. The van der Waals surface area contributed by atoms with Crippen molar-refractivity contribution in [1.82, 2.24) is 0 Å². The Morgan fingerprint density at radius 3 is 2.35 bits per heavy atom. The molecule has 2 N–H and O–H groups in total. The largest absolute Gasteiger partial charge is 0.497 e. The molecule has 0 saturated carbocycles. The van der Waals surface area contributed by atoms with E-state index in [1.165, 1.54) is 4.88 Å². The van der Waals surface area contributed by atoms with Gasteiger partial charge in [0.2, 0.25) is 0 Å². The minimum atomic E-state index is 0.795. The van der Waals surface area contributed by atoms with Gasteiger partial charge in [-0.05, 0) is 31.2 Å². The lowest BCUT2D eigenvalue weighted by Gasteiger charge is -2.10. The Kier molecular flexibility index (Phi) is 3.24. The average molecular weight is 249 g/mol. The molecule has 0 radical (unpaired) electrons. The van der Waals surface area contributed by atoms with E-state index in [4.69, 9.17) is 15.2 Å². The fourth-order valence-electron chi connectivity index (χ4n) is 1.77. The zero-order chi connectivity index (χ0) is 12.4. The number of hydrogen-bond acceptors (Lipinski definition) is 4. The van der Waals surface area contributed by atoms with Crippen molar-refractivity contribution >= 4 is 16.3 Å². The van der Waals surface area contributed by atoms with Gasteiger partial charge >= 0.3 is 0 Å². The number of anilines is 1. The summed E-state index contributed by atoms with van der Waals surface area (Å²) in [5.41, 5.74) is 7.98. The number of aryl methyl sites for hydroxylation is 1. The highest BCUT2D eigenvalue weighted by Gasteiger charge is 2.12. The number of nitrogens with two attached hydrogens (primary N) is 1. The van der Waals surface area contributed by atoms with Gasteiger partial charge in [-0.25, -0.2) is 0 Å². The number of methoxy groups -OCH3 is 2.